The quantitative estimate of drug-likeness (QED) is 0.592. The van der Waals surface area contributed by atoms with E-state index in [4.69, 9.17) is 9.47 Å². The minimum Gasteiger partial charge on any atom is -0.493 e. The van der Waals surface area contributed by atoms with Crippen molar-refractivity contribution in [1.82, 2.24) is 15.2 Å². The summed E-state index contributed by atoms with van der Waals surface area (Å²) >= 11 is 0. The normalized spacial score (nSPS) is 10.6. The van der Waals surface area contributed by atoms with Gasteiger partial charge in [0, 0.05) is 0 Å². The van der Waals surface area contributed by atoms with E-state index in [1.165, 1.54) is 6.20 Å². The van der Waals surface area contributed by atoms with Crippen molar-refractivity contribution >= 4 is 12.0 Å². The van der Waals surface area contributed by atoms with E-state index >= 15 is 0 Å². The van der Waals surface area contributed by atoms with Crippen LogP contribution in [-0.2, 0) is 0 Å². The summed E-state index contributed by atoms with van der Waals surface area (Å²) in [6.45, 7) is 2.67. The first-order valence-corrected chi connectivity index (χ1v) is 6.74. The lowest BCUT2D eigenvalue weighted by Gasteiger charge is -2.10. The number of methoxy groups -OCH3 is 1. The van der Waals surface area contributed by atoms with Crippen LogP contribution in [0.2, 0.25) is 0 Å². The third kappa shape index (κ3) is 4.30. The Bertz CT molecular complexity index is 699. The highest BCUT2D eigenvalue weighted by Crippen LogP contribution is 2.27. The number of rotatable bonds is 7. The number of ether oxygens (including phenoxy) is 2. The summed E-state index contributed by atoms with van der Waals surface area (Å²) in [6, 6.07) is 5.48. The Labute approximate surface area is 127 Å². The van der Waals surface area contributed by atoms with Crippen molar-refractivity contribution in [3.8, 4) is 11.5 Å². The van der Waals surface area contributed by atoms with Crippen LogP contribution >= 0.6 is 0 Å². The molecule has 0 aliphatic carbocycles. The summed E-state index contributed by atoms with van der Waals surface area (Å²) < 4.78 is 10.9. The van der Waals surface area contributed by atoms with Crippen LogP contribution in [0.4, 0.5) is 5.82 Å². The van der Waals surface area contributed by atoms with E-state index in [2.05, 4.69) is 25.7 Å². The number of nitrogens with one attached hydrogen (secondary N) is 2. The molecule has 0 aliphatic heterocycles. The summed E-state index contributed by atoms with van der Waals surface area (Å²) in [4.78, 5) is 14.6. The maximum atomic E-state index is 11.0. The number of hydrazone groups is 1. The first-order chi connectivity index (χ1) is 10.7. The molecule has 116 valence electrons. The van der Waals surface area contributed by atoms with Crippen molar-refractivity contribution in [2.24, 2.45) is 5.10 Å². The van der Waals surface area contributed by atoms with Crippen LogP contribution in [0.15, 0.2) is 34.3 Å². The predicted molar refractivity (Wildman–Crippen MR) is 82.6 cm³/mol. The molecule has 0 bridgehead atoms. The molecule has 2 aromatic rings. The molecule has 8 nitrogen and oxygen atoms in total. The van der Waals surface area contributed by atoms with Crippen LogP contribution in [0, 0.1) is 0 Å². The number of aromatic amines is 1. The zero-order valence-corrected chi connectivity index (χ0v) is 12.4. The monoisotopic (exact) mass is 303 g/mol. The fourth-order valence-corrected chi connectivity index (χ4v) is 1.63. The van der Waals surface area contributed by atoms with Gasteiger partial charge in [-0.15, -0.1) is 0 Å². The SMILES string of the molecule is CCCOc1ccc(/C=N/Nc2cn[nH]c(=O)n2)cc1OC. The highest BCUT2D eigenvalue weighted by Gasteiger charge is 2.04. The van der Waals surface area contributed by atoms with Gasteiger partial charge >= 0.3 is 5.69 Å². The molecule has 8 heteroatoms. The molecule has 0 atom stereocenters. The summed E-state index contributed by atoms with van der Waals surface area (Å²) in [5.74, 6) is 1.58. The molecule has 1 aromatic heterocycles. The van der Waals surface area contributed by atoms with Gasteiger partial charge in [0.2, 0.25) is 0 Å². The summed E-state index contributed by atoms with van der Waals surface area (Å²) in [6.07, 6.45) is 3.86. The van der Waals surface area contributed by atoms with Crippen molar-refractivity contribution in [2.45, 2.75) is 13.3 Å². The molecule has 0 radical (unpaired) electrons. The second-order valence-corrected chi connectivity index (χ2v) is 4.30. The highest BCUT2D eigenvalue weighted by molar-refractivity contribution is 5.81. The number of nitrogens with zero attached hydrogens (tertiary/aromatic N) is 3. The number of hydrogen-bond acceptors (Lipinski definition) is 7. The molecule has 0 spiro atoms. The Morgan fingerprint density at radius 2 is 2.27 bits per heavy atom. The van der Waals surface area contributed by atoms with Crippen LogP contribution in [0.3, 0.4) is 0 Å². The molecule has 2 N–H and O–H groups in total. The van der Waals surface area contributed by atoms with E-state index in [0.29, 0.717) is 18.1 Å². The number of aromatic nitrogens is 3. The second-order valence-electron chi connectivity index (χ2n) is 4.30. The molecule has 22 heavy (non-hydrogen) atoms. The molecule has 0 saturated carbocycles. The molecular weight excluding hydrogens is 286 g/mol. The summed E-state index contributed by atoms with van der Waals surface area (Å²) in [5.41, 5.74) is 2.89. The standard InChI is InChI=1S/C14H17N5O3/c1-3-6-22-11-5-4-10(7-12(11)21-2)8-15-18-13-9-16-19-14(20)17-13/h4-5,7-9H,3,6H2,1-2H3,(H2,17,18,19,20)/b15-8+. The van der Waals surface area contributed by atoms with E-state index in [1.807, 2.05) is 19.1 Å². The zero-order valence-electron chi connectivity index (χ0n) is 12.4. The first kappa shape index (κ1) is 15.5. The van der Waals surface area contributed by atoms with Gasteiger partial charge in [-0.25, -0.2) is 9.89 Å². The number of hydrogen-bond donors (Lipinski definition) is 2. The lowest BCUT2D eigenvalue weighted by molar-refractivity contribution is 0.294. The van der Waals surface area contributed by atoms with Gasteiger partial charge < -0.3 is 9.47 Å². The van der Waals surface area contributed by atoms with E-state index in [1.54, 1.807) is 19.4 Å². The molecule has 1 heterocycles. The Balaban J connectivity index is 2.06. The number of anilines is 1. The van der Waals surface area contributed by atoms with E-state index in [-0.39, 0.29) is 5.82 Å². The Morgan fingerprint density at radius 1 is 1.41 bits per heavy atom. The summed E-state index contributed by atoms with van der Waals surface area (Å²) in [7, 11) is 1.58. The summed E-state index contributed by atoms with van der Waals surface area (Å²) in [5, 5.41) is 9.78. The van der Waals surface area contributed by atoms with Crippen LogP contribution in [0.25, 0.3) is 0 Å². The van der Waals surface area contributed by atoms with Gasteiger partial charge in [-0.3, -0.25) is 5.43 Å². The van der Waals surface area contributed by atoms with E-state index in [9.17, 15) is 4.79 Å². The van der Waals surface area contributed by atoms with Gasteiger partial charge in [0.25, 0.3) is 0 Å². The average molecular weight is 303 g/mol. The largest absolute Gasteiger partial charge is 0.493 e. The van der Waals surface area contributed by atoms with Crippen molar-refractivity contribution in [3.05, 3.63) is 40.4 Å². The van der Waals surface area contributed by atoms with E-state index in [0.717, 1.165) is 12.0 Å². The highest BCUT2D eigenvalue weighted by atomic mass is 16.5. The van der Waals surface area contributed by atoms with Crippen LogP contribution in [0.1, 0.15) is 18.9 Å². The van der Waals surface area contributed by atoms with Crippen LogP contribution in [-0.4, -0.2) is 35.1 Å². The van der Waals surface area contributed by atoms with Gasteiger partial charge in [0.05, 0.1) is 26.1 Å². The number of H-pyrrole nitrogens is 1. The second kappa shape index (κ2) is 7.77. The van der Waals surface area contributed by atoms with Crippen LogP contribution in [0.5, 0.6) is 11.5 Å². The maximum Gasteiger partial charge on any atom is 0.363 e. The molecule has 0 amide bonds. The van der Waals surface area contributed by atoms with E-state index < -0.39 is 5.69 Å². The van der Waals surface area contributed by atoms with Gasteiger partial charge in [-0.1, -0.05) is 6.92 Å². The minimum atomic E-state index is -0.542. The lowest BCUT2D eigenvalue weighted by atomic mass is 10.2. The van der Waals surface area contributed by atoms with Gasteiger partial charge in [-0.05, 0) is 30.2 Å². The first-order valence-electron chi connectivity index (χ1n) is 6.74. The molecule has 0 aliphatic rings. The lowest BCUT2D eigenvalue weighted by Crippen LogP contribution is -2.13. The van der Waals surface area contributed by atoms with Crippen molar-refractivity contribution in [1.29, 1.82) is 0 Å². The van der Waals surface area contributed by atoms with Crippen molar-refractivity contribution in [3.63, 3.8) is 0 Å². The Morgan fingerprint density at radius 3 is 3.00 bits per heavy atom. The topological polar surface area (TPSA) is 101 Å². The zero-order chi connectivity index (χ0) is 15.8. The smallest absolute Gasteiger partial charge is 0.363 e. The number of benzene rings is 1. The molecule has 0 saturated heterocycles. The fraction of sp³-hybridized carbons (Fsp3) is 0.286. The third-order valence-electron chi connectivity index (χ3n) is 2.61. The van der Waals surface area contributed by atoms with Gasteiger partial charge in [0.15, 0.2) is 17.3 Å². The third-order valence-corrected chi connectivity index (χ3v) is 2.61. The van der Waals surface area contributed by atoms with Crippen molar-refractivity contribution in [2.75, 3.05) is 19.1 Å². The minimum absolute atomic E-state index is 0.259. The average Bonchev–Trinajstić information content (AvgIpc) is 2.53. The molecular formula is C14H17N5O3. The predicted octanol–water partition coefficient (Wildman–Crippen LogP) is 1.41. The van der Waals surface area contributed by atoms with Gasteiger partial charge in [-0.2, -0.15) is 15.2 Å². The molecule has 0 unspecified atom stereocenters. The fourth-order valence-electron chi connectivity index (χ4n) is 1.63. The Kier molecular flexibility index (Phi) is 5.47. The maximum absolute atomic E-state index is 11.0. The molecule has 1 aromatic carbocycles. The molecule has 2 rings (SSSR count). The van der Waals surface area contributed by atoms with Gasteiger partial charge in [0.1, 0.15) is 0 Å². The molecule has 0 fully saturated rings. The Hall–Kier alpha value is -2.90. The van der Waals surface area contributed by atoms with Crippen molar-refractivity contribution < 1.29 is 9.47 Å². The van der Waals surface area contributed by atoms with Crippen LogP contribution < -0.4 is 20.6 Å².